The van der Waals surface area contributed by atoms with Gasteiger partial charge >= 0.3 is 0 Å². The first-order chi connectivity index (χ1) is 15.7. The summed E-state index contributed by atoms with van der Waals surface area (Å²) in [6.07, 6.45) is 0.0627. The lowest BCUT2D eigenvalue weighted by atomic mass is 10.1. The van der Waals surface area contributed by atoms with Gasteiger partial charge in [-0.25, -0.2) is 8.42 Å². The van der Waals surface area contributed by atoms with Gasteiger partial charge in [0.15, 0.2) is 26.1 Å². The number of carbonyl (C=O) groups is 1. The maximum absolute atomic E-state index is 12.7. The lowest BCUT2D eigenvalue weighted by Gasteiger charge is -2.09. The van der Waals surface area contributed by atoms with Crippen molar-refractivity contribution in [1.29, 1.82) is 0 Å². The Hall–Kier alpha value is -2.69. The molecular weight excluding hydrogens is 464 g/mol. The van der Waals surface area contributed by atoms with Crippen LogP contribution in [0.1, 0.15) is 19.4 Å². The number of methoxy groups -OCH3 is 3. The van der Waals surface area contributed by atoms with Crippen molar-refractivity contribution in [1.82, 2.24) is 4.57 Å². The van der Waals surface area contributed by atoms with E-state index in [-0.39, 0.29) is 17.2 Å². The van der Waals surface area contributed by atoms with E-state index >= 15 is 0 Å². The van der Waals surface area contributed by atoms with Crippen LogP contribution in [0.25, 0.3) is 10.2 Å². The molecule has 0 aliphatic heterocycles. The first-order valence-electron chi connectivity index (χ1n) is 10.4. The summed E-state index contributed by atoms with van der Waals surface area (Å²) in [5.74, 6) is 0.855. The predicted octanol–water partition coefficient (Wildman–Crippen LogP) is 3.22. The van der Waals surface area contributed by atoms with Crippen molar-refractivity contribution >= 4 is 37.3 Å². The number of ether oxygens (including phenoxy) is 3. The minimum absolute atomic E-state index is 0.0627. The Bertz CT molecular complexity index is 1310. The zero-order chi connectivity index (χ0) is 24.2. The third-order valence-corrected chi connectivity index (χ3v) is 8.37. The summed E-state index contributed by atoms with van der Waals surface area (Å²) in [5.41, 5.74) is 1.56. The average Bonchev–Trinajstić information content (AvgIpc) is 3.12. The molecule has 0 spiro atoms. The zero-order valence-electron chi connectivity index (χ0n) is 19.3. The van der Waals surface area contributed by atoms with Crippen LogP contribution in [0.15, 0.2) is 46.3 Å². The summed E-state index contributed by atoms with van der Waals surface area (Å²) in [5, 5.41) is -0.507. The Morgan fingerprint density at radius 1 is 1.06 bits per heavy atom. The van der Waals surface area contributed by atoms with E-state index in [0.717, 1.165) is 10.2 Å². The fourth-order valence-electron chi connectivity index (χ4n) is 3.27. The van der Waals surface area contributed by atoms with Gasteiger partial charge in [0.1, 0.15) is 0 Å². The number of hydrogen-bond donors (Lipinski definition) is 0. The van der Waals surface area contributed by atoms with Crippen LogP contribution in [0.3, 0.4) is 0 Å². The second-order valence-electron chi connectivity index (χ2n) is 7.62. The minimum atomic E-state index is -3.35. The first-order valence-corrected chi connectivity index (χ1v) is 12.7. The summed E-state index contributed by atoms with van der Waals surface area (Å²) in [4.78, 5) is 17.9. The molecule has 0 aliphatic carbocycles. The largest absolute Gasteiger partial charge is 0.493 e. The van der Waals surface area contributed by atoms with Gasteiger partial charge in [-0.05, 0) is 31.5 Å². The lowest BCUT2D eigenvalue weighted by Crippen LogP contribution is -2.19. The predicted molar refractivity (Wildman–Crippen MR) is 128 cm³/mol. The molecule has 0 saturated heterocycles. The lowest BCUT2D eigenvalue weighted by molar-refractivity contribution is -0.117. The maximum Gasteiger partial charge on any atom is 0.252 e. The van der Waals surface area contributed by atoms with Crippen LogP contribution in [0, 0.1) is 0 Å². The van der Waals surface area contributed by atoms with Crippen molar-refractivity contribution in [3.05, 3.63) is 46.8 Å². The van der Waals surface area contributed by atoms with Crippen molar-refractivity contribution in [2.24, 2.45) is 4.99 Å². The standard InChI is InChI=1S/C23H28N2O6S2/c1-15(2)33(27,28)17-8-6-16(7-9-17)12-22(26)24-23-25(10-11-29-3)18-13-19(30-4)20(31-5)14-21(18)32-23/h6-9,13-15H,10-12H2,1-5H3. The highest BCUT2D eigenvalue weighted by atomic mass is 32.2. The van der Waals surface area contributed by atoms with Crippen LogP contribution in [0.2, 0.25) is 0 Å². The van der Waals surface area contributed by atoms with Gasteiger partial charge in [-0.15, -0.1) is 0 Å². The van der Waals surface area contributed by atoms with Crippen molar-refractivity contribution in [3.8, 4) is 11.5 Å². The molecule has 3 rings (SSSR count). The fraction of sp³-hybridized carbons (Fsp3) is 0.391. The first kappa shape index (κ1) is 24.9. The summed E-state index contributed by atoms with van der Waals surface area (Å²) in [7, 11) is 1.40. The van der Waals surface area contributed by atoms with Gasteiger partial charge in [0.25, 0.3) is 5.91 Å². The van der Waals surface area contributed by atoms with E-state index in [0.29, 0.717) is 35.0 Å². The number of rotatable bonds is 9. The molecule has 0 saturated carbocycles. The Morgan fingerprint density at radius 2 is 1.70 bits per heavy atom. The van der Waals surface area contributed by atoms with E-state index in [1.807, 2.05) is 16.7 Å². The second-order valence-corrected chi connectivity index (χ2v) is 11.1. The number of aromatic nitrogens is 1. The summed E-state index contributed by atoms with van der Waals surface area (Å²) < 4.78 is 43.4. The van der Waals surface area contributed by atoms with Crippen molar-refractivity contribution in [2.45, 2.75) is 37.0 Å². The number of sulfone groups is 1. The number of benzene rings is 2. The maximum atomic E-state index is 12.7. The average molecular weight is 493 g/mol. The molecule has 178 valence electrons. The zero-order valence-corrected chi connectivity index (χ0v) is 21.0. The molecule has 0 bridgehead atoms. The number of carbonyl (C=O) groups excluding carboxylic acids is 1. The molecule has 0 aliphatic rings. The molecule has 1 amide bonds. The number of nitrogens with zero attached hydrogens (tertiary/aromatic N) is 2. The van der Waals surface area contributed by atoms with Gasteiger partial charge in [-0.2, -0.15) is 4.99 Å². The third kappa shape index (κ3) is 5.45. The van der Waals surface area contributed by atoms with Crippen LogP contribution in [-0.2, 0) is 32.3 Å². The molecule has 33 heavy (non-hydrogen) atoms. The second kappa shape index (κ2) is 10.5. The Kier molecular flexibility index (Phi) is 7.93. The van der Waals surface area contributed by atoms with E-state index in [1.165, 1.54) is 23.5 Å². The number of thiazole rings is 1. The van der Waals surface area contributed by atoms with Crippen LogP contribution in [0.5, 0.6) is 11.5 Å². The highest BCUT2D eigenvalue weighted by Gasteiger charge is 2.19. The quantitative estimate of drug-likeness (QED) is 0.455. The SMILES string of the molecule is COCCn1c(=NC(=O)Cc2ccc(S(=O)(=O)C(C)C)cc2)sc2cc(OC)c(OC)cc21. The summed E-state index contributed by atoms with van der Waals surface area (Å²) in [6, 6.07) is 10.1. The molecule has 3 aromatic rings. The van der Waals surface area contributed by atoms with Gasteiger partial charge in [-0.3, -0.25) is 4.79 Å². The highest BCUT2D eigenvalue weighted by Crippen LogP contribution is 2.33. The van der Waals surface area contributed by atoms with E-state index in [9.17, 15) is 13.2 Å². The van der Waals surface area contributed by atoms with Crippen LogP contribution >= 0.6 is 11.3 Å². The number of fused-ring (bicyclic) bond motifs is 1. The Morgan fingerprint density at radius 3 is 2.27 bits per heavy atom. The monoisotopic (exact) mass is 492 g/mol. The molecule has 2 aromatic carbocycles. The van der Waals surface area contributed by atoms with Crippen LogP contribution in [-0.4, -0.2) is 52.1 Å². The summed E-state index contributed by atoms with van der Waals surface area (Å²) >= 11 is 1.38. The van der Waals surface area contributed by atoms with E-state index in [4.69, 9.17) is 14.2 Å². The third-order valence-electron chi connectivity index (χ3n) is 5.16. The molecule has 8 nitrogen and oxygen atoms in total. The van der Waals surface area contributed by atoms with Crippen molar-refractivity contribution in [3.63, 3.8) is 0 Å². The molecule has 0 atom stereocenters. The van der Waals surface area contributed by atoms with Gasteiger partial charge in [0, 0.05) is 25.8 Å². The molecule has 1 aromatic heterocycles. The van der Waals surface area contributed by atoms with E-state index < -0.39 is 15.1 Å². The smallest absolute Gasteiger partial charge is 0.252 e. The molecule has 0 radical (unpaired) electrons. The highest BCUT2D eigenvalue weighted by molar-refractivity contribution is 7.92. The number of amides is 1. The molecule has 0 fully saturated rings. The summed E-state index contributed by atoms with van der Waals surface area (Å²) in [6.45, 7) is 4.24. The van der Waals surface area contributed by atoms with Gasteiger partial charge < -0.3 is 18.8 Å². The van der Waals surface area contributed by atoms with E-state index in [2.05, 4.69) is 4.99 Å². The van der Waals surface area contributed by atoms with Crippen molar-refractivity contribution < 1.29 is 27.4 Å². The minimum Gasteiger partial charge on any atom is -0.493 e. The molecule has 10 heteroatoms. The Balaban J connectivity index is 1.95. The topological polar surface area (TPSA) is 96.2 Å². The molecule has 1 heterocycles. The normalized spacial score (nSPS) is 12.5. The van der Waals surface area contributed by atoms with Crippen LogP contribution in [0.4, 0.5) is 0 Å². The number of hydrogen-bond acceptors (Lipinski definition) is 7. The van der Waals surface area contributed by atoms with Crippen LogP contribution < -0.4 is 14.3 Å². The molecular formula is C23H28N2O6S2. The molecule has 0 unspecified atom stereocenters. The Labute approximate surface area is 197 Å². The van der Waals surface area contributed by atoms with Crippen molar-refractivity contribution in [2.75, 3.05) is 27.9 Å². The van der Waals surface area contributed by atoms with Gasteiger partial charge in [0.05, 0.1) is 47.6 Å². The van der Waals surface area contributed by atoms with Gasteiger partial charge in [-0.1, -0.05) is 23.5 Å². The fourth-order valence-corrected chi connectivity index (χ4v) is 5.41. The molecule has 0 N–H and O–H groups in total. The van der Waals surface area contributed by atoms with Gasteiger partial charge in [0.2, 0.25) is 0 Å². The van der Waals surface area contributed by atoms with E-state index in [1.54, 1.807) is 47.3 Å².